The Morgan fingerprint density at radius 3 is 2.76 bits per heavy atom. The van der Waals surface area contributed by atoms with Gasteiger partial charge in [0.05, 0.1) is 0 Å². The number of carbonyl (C=O) groups is 1. The number of carboxylic acids is 1. The van der Waals surface area contributed by atoms with E-state index in [4.69, 9.17) is 9.52 Å². The summed E-state index contributed by atoms with van der Waals surface area (Å²) in [4.78, 5) is 11.1. The highest BCUT2D eigenvalue weighted by molar-refractivity contribution is 5.87. The van der Waals surface area contributed by atoms with Crippen LogP contribution in [0.25, 0.3) is 0 Å². The van der Waals surface area contributed by atoms with E-state index in [1.54, 1.807) is 23.8 Å². The molecule has 2 aromatic heterocycles. The van der Waals surface area contributed by atoms with Crippen molar-refractivity contribution in [3.8, 4) is 0 Å². The molecule has 1 N–H and O–H groups in total. The van der Waals surface area contributed by atoms with E-state index in [1.165, 1.54) is 0 Å². The van der Waals surface area contributed by atoms with Gasteiger partial charge in [-0.2, -0.15) is 0 Å². The highest BCUT2D eigenvalue weighted by atomic mass is 16.4. The average Bonchev–Trinajstić information content (AvgIpc) is 2.86. The summed E-state index contributed by atoms with van der Waals surface area (Å²) in [5, 5.41) is 16.8. The molecule has 90 valence electrons. The summed E-state index contributed by atoms with van der Waals surface area (Å²) in [5.41, 5.74) is 0.967. The first-order valence-corrected chi connectivity index (χ1v) is 5.32. The number of hydrogen-bond donors (Lipinski definition) is 1. The van der Waals surface area contributed by atoms with Gasteiger partial charge in [-0.05, 0) is 18.6 Å². The van der Waals surface area contributed by atoms with E-state index in [0.717, 1.165) is 0 Å². The van der Waals surface area contributed by atoms with Crippen LogP contribution in [0.1, 0.15) is 34.8 Å². The van der Waals surface area contributed by atoms with Gasteiger partial charge in [-0.3, -0.25) is 0 Å². The lowest BCUT2D eigenvalue weighted by Gasteiger charge is -2.03. The molecule has 0 radical (unpaired) electrons. The van der Waals surface area contributed by atoms with Gasteiger partial charge in [0, 0.05) is 12.6 Å². The molecule has 0 bridgehead atoms. The Hall–Kier alpha value is -2.11. The molecule has 0 aromatic carbocycles. The molecule has 17 heavy (non-hydrogen) atoms. The highest BCUT2D eigenvalue weighted by Gasteiger charge is 2.15. The van der Waals surface area contributed by atoms with Gasteiger partial charge in [-0.1, -0.05) is 6.92 Å². The maximum absolute atomic E-state index is 11.1. The fourth-order valence-electron chi connectivity index (χ4n) is 1.65. The zero-order valence-electron chi connectivity index (χ0n) is 9.67. The van der Waals surface area contributed by atoms with E-state index in [-0.39, 0.29) is 12.2 Å². The van der Waals surface area contributed by atoms with Gasteiger partial charge >= 0.3 is 5.97 Å². The van der Waals surface area contributed by atoms with Crippen molar-refractivity contribution in [3.63, 3.8) is 0 Å². The third-order valence-electron chi connectivity index (χ3n) is 2.48. The standard InChI is InChI=1S/C11H13N3O3/c1-3-8-12-13-9(17-8)6-14-5-4-7(2)10(14)11(15)16/h4-5H,3,6H2,1-2H3,(H,15,16). The molecular formula is C11H13N3O3. The monoisotopic (exact) mass is 235 g/mol. The summed E-state index contributed by atoms with van der Waals surface area (Å²) in [6.07, 6.45) is 2.37. The Balaban J connectivity index is 2.27. The van der Waals surface area contributed by atoms with Crippen LogP contribution >= 0.6 is 0 Å². The molecule has 0 saturated carbocycles. The number of carboxylic acid groups (broad SMARTS) is 1. The summed E-state index contributed by atoms with van der Waals surface area (Å²) < 4.78 is 6.93. The van der Waals surface area contributed by atoms with Crippen LogP contribution in [-0.4, -0.2) is 25.8 Å². The fraction of sp³-hybridized carbons (Fsp3) is 0.364. The van der Waals surface area contributed by atoms with Gasteiger partial charge in [-0.25, -0.2) is 4.79 Å². The van der Waals surface area contributed by atoms with Crippen LogP contribution in [0.15, 0.2) is 16.7 Å². The number of rotatable bonds is 4. The van der Waals surface area contributed by atoms with Crippen LogP contribution in [-0.2, 0) is 13.0 Å². The minimum absolute atomic E-state index is 0.251. The third-order valence-corrected chi connectivity index (χ3v) is 2.48. The van der Waals surface area contributed by atoms with Crippen LogP contribution in [0.4, 0.5) is 0 Å². The van der Waals surface area contributed by atoms with Crippen LogP contribution in [0.3, 0.4) is 0 Å². The first-order valence-electron chi connectivity index (χ1n) is 5.32. The van der Waals surface area contributed by atoms with E-state index in [0.29, 0.717) is 23.8 Å². The summed E-state index contributed by atoms with van der Waals surface area (Å²) >= 11 is 0. The largest absolute Gasteiger partial charge is 0.477 e. The number of aryl methyl sites for hydroxylation is 2. The fourth-order valence-corrected chi connectivity index (χ4v) is 1.65. The second-order valence-electron chi connectivity index (χ2n) is 3.72. The number of hydrogen-bond acceptors (Lipinski definition) is 4. The lowest BCUT2D eigenvalue weighted by molar-refractivity contribution is 0.0684. The Morgan fingerprint density at radius 1 is 1.47 bits per heavy atom. The van der Waals surface area contributed by atoms with Gasteiger partial charge in [0.25, 0.3) is 0 Å². The Labute approximate surface area is 97.9 Å². The molecule has 0 unspecified atom stereocenters. The van der Waals surface area contributed by atoms with Gasteiger partial charge in [0.1, 0.15) is 12.2 Å². The van der Waals surface area contributed by atoms with Crippen molar-refractivity contribution in [2.24, 2.45) is 0 Å². The lowest BCUT2D eigenvalue weighted by Crippen LogP contribution is -2.10. The second kappa shape index (κ2) is 4.40. The number of aromatic nitrogens is 3. The zero-order chi connectivity index (χ0) is 12.4. The molecule has 0 atom stereocenters. The average molecular weight is 235 g/mol. The van der Waals surface area contributed by atoms with Gasteiger partial charge in [0.2, 0.25) is 11.8 Å². The van der Waals surface area contributed by atoms with Gasteiger partial charge in [-0.15, -0.1) is 10.2 Å². The number of aromatic carboxylic acids is 1. The normalized spacial score (nSPS) is 10.7. The van der Waals surface area contributed by atoms with E-state index in [1.807, 2.05) is 6.92 Å². The van der Waals surface area contributed by atoms with Gasteiger partial charge in [0.15, 0.2) is 0 Å². The molecule has 0 spiro atoms. The summed E-state index contributed by atoms with van der Waals surface area (Å²) in [5.74, 6) is 0.0171. The van der Waals surface area contributed by atoms with Crippen molar-refractivity contribution in [2.75, 3.05) is 0 Å². The molecule has 0 fully saturated rings. The van der Waals surface area contributed by atoms with Crippen molar-refractivity contribution in [1.82, 2.24) is 14.8 Å². The molecule has 6 nitrogen and oxygen atoms in total. The Bertz CT molecular complexity index is 542. The summed E-state index contributed by atoms with van der Waals surface area (Å²) in [6, 6.07) is 1.75. The first-order chi connectivity index (χ1) is 8.11. The van der Waals surface area contributed by atoms with Crippen molar-refractivity contribution >= 4 is 5.97 Å². The zero-order valence-corrected chi connectivity index (χ0v) is 9.67. The first kappa shape index (κ1) is 11.4. The van der Waals surface area contributed by atoms with Crippen LogP contribution < -0.4 is 0 Å². The molecule has 2 heterocycles. The lowest BCUT2D eigenvalue weighted by atomic mass is 10.3. The maximum Gasteiger partial charge on any atom is 0.352 e. The summed E-state index contributed by atoms with van der Waals surface area (Å²) in [7, 11) is 0. The quantitative estimate of drug-likeness (QED) is 0.868. The minimum atomic E-state index is -0.956. The molecule has 0 aliphatic heterocycles. The molecule has 2 aromatic rings. The van der Waals surface area contributed by atoms with Crippen molar-refractivity contribution in [1.29, 1.82) is 0 Å². The molecule has 0 saturated heterocycles. The topological polar surface area (TPSA) is 81.2 Å². The third kappa shape index (κ3) is 2.20. The van der Waals surface area contributed by atoms with Gasteiger partial charge < -0.3 is 14.1 Å². The van der Waals surface area contributed by atoms with E-state index in [2.05, 4.69) is 10.2 Å². The van der Waals surface area contributed by atoms with Crippen LogP contribution in [0.5, 0.6) is 0 Å². The Morgan fingerprint density at radius 2 is 2.18 bits per heavy atom. The van der Waals surface area contributed by atoms with E-state index < -0.39 is 5.97 Å². The molecule has 2 rings (SSSR count). The molecule has 0 aliphatic rings. The van der Waals surface area contributed by atoms with Crippen molar-refractivity contribution < 1.29 is 14.3 Å². The summed E-state index contributed by atoms with van der Waals surface area (Å²) in [6.45, 7) is 3.95. The molecule has 6 heteroatoms. The second-order valence-corrected chi connectivity index (χ2v) is 3.72. The predicted molar refractivity (Wildman–Crippen MR) is 58.9 cm³/mol. The Kier molecular flexibility index (Phi) is 2.95. The van der Waals surface area contributed by atoms with Crippen molar-refractivity contribution in [2.45, 2.75) is 26.8 Å². The van der Waals surface area contributed by atoms with E-state index in [9.17, 15) is 4.79 Å². The SMILES string of the molecule is CCc1nnc(Cn2ccc(C)c2C(=O)O)o1. The predicted octanol–water partition coefficient (Wildman–Crippen LogP) is 1.49. The number of nitrogens with zero attached hydrogens (tertiary/aromatic N) is 3. The smallest absolute Gasteiger partial charge is 0.352 e. The minimum Gasteiger partial charge on any atom is -0.477 e. The maximum atomic E-state index is 11.1. The van der Waals surface area contributed by atoms with Crippen LogP contribution in [0, 0.1) is 6.92 Å². The highest BCUT2D eigenvalue weighted by Crippen LogP contribution is 2.12. The van der Waals surface area contributed by atoms with Crippen molar-refractivity contribution in [3.05, 3.63) is 35.3 Å². The molecule has 0 aliphatic carbocycles. The molecular weight excluding hydrogens is 222 g/mol. The van der Waals surface area contributed by atoms with Crippen LogP contribution in [0.2, 0.25) is 0 Å². The van der Waals surface area contributed by atoms with E-state index >= 15 is 0 Å². The molecule has 0 amide bonds.